The summed E-state index contributed by atoms with van der Waals surface area (Å²) >= 11 is 6.48. The topological polar surface area (TPSA) is 67.4 Å². The van der Waals surface area contributed by atoms with Gasteiger partial charge in [-0.15, -0.1) is 0 Å². The largest absolute Gasteiger partial charge is 0.383 e. The first kappa shape index (κ1) is 27.0. The Morgan fingerprint density at radius 1 is 1.17 bits per heavy atom. The highest BCUT2D eigenvalue weighted by Crippen LogP contribution is 2.33. The van der Waals surface area contributed by atoms with Crippen molar-refractivity contribution in [3.05, 3.63) is 41.3 Å². The molecule has 1 saturated heterocycles. The lowest BCUT2D eigenvalue weighted by Crippen LogP contribution is -2.42. The summed E-state index contributed by atoms with van der Waals surface area (Å²) in [6.45, 7) is 3.65. The van der Waals surface area contributed by atoms with Gasteiger partial charge in [0, 0.05) is 69.6 Å². The van der Waals surface area contributed by atoms with E-state index in [4.69, 9.17) is 21.1 Å². The number of halogens is 3. The predicted octanol–water partition coefficient (Wildman–Crippen LogP) is 5.82. The Hall–Kier alpha value is -2.00. The van der Waals surface area contributed by atoms with E-state index in [9.17, 15) is 8.78 Å². The maximum Gasteiger partial charge on any atom is 0.146 e. The minimum absolute atomic E-state index is 0.0371. The molecule has 198 valence electrons. The molecule has 1 aromatic heterocycles. The molecule has 36 heavy (non-hydrogen) atoms. The second-order valence-corrected chi connectivity index (χ2v) is 10.5. The van der Waals surface area contributed by atoms with Crippen LogP contribution in [0.5, 0.6) is 0 Å². The molecule has 2 aromatic rings. The van der Waals surface area contributed by atoms with Crippen molar-refractivity contribution in [1.29, 1.82) is 0 Å². The van der Waals surface area contributed by atoms with E-state index in [1.165, 1.54) is 6.07 Å². The van der Waals surface area contributed by atoms with Crippen molar-refractivity contribution in [3.63, 3.8) is 0 Å². The minimum atomic E-state index is -1.40. The van der Waals surface area contributed by atoms with Gasteiger partial charge in [-0.2, -0.15) is 0 Å². The molecule has 3 N–H and O–H groups in total. The first-order chi connectivity index (χ1) is 17.3. The lowest BCUT2D eigenvalue weighted by atomic mass is 9.90. The fraction of sp³-hybridized carbons (Fsp3) is 0.593. The van der Waals surface area contributed by atoms with Gasteiger partial charge in [-0.25, -0.2) is 13.8 Å². The van der Waals surface area contributed by atoms with Gasteiger partial charge in [-0.3, -0.25) is 0 Å². The number of aromatic nitrogens is 1. The second-order valence-electron chi connectivity index (χ2n) is 10.1. The fourth-order valence-electron chi connectivity index (χ4n) is 5.05. The summed E-state index contributed by atoms with van der Waals surface area (Å²) in [5.74, 6) is 0.311. The third kappa shape index (κ3) is 7.28. The Morgan fingerprint density at radius 2 is 1.89 bits per heavy atom. The van der Waals surface area contributed by atoms with Gasteiger partial charge >= 0.3 is 0 Å². The summed E-state index contributed by atoms with van der Waals surface area (Å²) in [6, 6.07) is 7.82. The van der Waals surface area contributed by atoms with Gasteiger partial charge in [-0.05, 0) is 56.4 Å². The van der Waals surface area contributed by atoms with E-state index in [0.29, 0.717) is 55.8 Å². The van der Waals surface area contributed by atoms with Crippen molar-refractivity contribution in [2.24, 2.45) is 0 Å². The zero-order valence-electron chi connectivity index (χ0n) is 21.1. The first-order valence-electron chi connectivity index (χ1n) is 12.8. The van der Waals surface area contributed by atoms with Gasteiger partial charge in [0.15, 0.2) is 0 Å². The van der Waals surface area contributed by atoms with Crippen molar-refractivity contribution in [2.45, 2.75) is 69.2 Å². The number of hydrogen-bond acceptors (Lipinski definition) is 6. The number of benzene rings is 1. The molecule has 6 nitrogen and oxygen atoms in total. The normalized spacial score (nSPS) is 22.7. The van der Waals surface area contributed by atoms with E-state index < -0.39 is 11.5 Å². The average Bonchev–Trinajstić information content (AvgIpc) is 2.87. The van der Waals surface area contributed by atoms with Gasteiger partial charge in [-0.1, -0.05) is 17.7 Å². The monoisotopic (exact) mass is 522 g/mol. The molecule has 1 saturated carbocycles. The number of ether oxygens (including phenoxy) is 2. The summed E-state index contributed by atoms with van der Waals surface area (Å²) in [4.78, 5) is 4.47. The molecule has 1 aromatic carbocycles. The maximum absolute atomic E-state index is 15.0. The van der Waals surface area contributed by atoms with E-state index in [2.05, 4.69) is 27.9 Å². The van der Waals surface area contributed by atoms with Crippen LogP contribution in [0, 0.1) is 5.82 Å². The Balaban J connectivity index is 1.39. The molecule has 0 spiro atoms. The first-order valence-corrected chi connectivity index (χ1v) is 13.2. The molecule has 0 unspecified atom stereocenters. The summed E-state index contributed by atoms with van der Waals surface area (Å²) in [7, 11) is 1.72. The zero-order valence-corrected chi connectivity index (χ0v) is 21.8. The third-order valence-corrected chi connectivity index (χ3v) is 7.43. The van der Waals surface area contributed by atoms with E-state index in [1.54, 1.807) is 25.4 Å². The van der Waals surface area contributed by atoms with E-state index in [1.807, 2.05) is 6.07 Å². The maximum atomic E-state index is 15.0. The number of nitrogens with one attached hydrogen (secondary N) is 3. The van der Waals surface area contributed by atoms with Gasteiger partial charge in [0.1, 0.15) is 17.3 Å². The number of nitrogens with zero attached hydrogens (tertiary/aromatic N) is 1. The lowest BCUT2D eigenvalue weighted by Gasteiger charge is -2.32. The molecule has 1 aliphatic heterocycles. The van der Waals surface area contributed by atoms with Crippen LogP contribution in [-0.4, -0.2) is 62.3 Å². The van der Waals surface area contributed by atoms with Gasteiger partial charge < -0.3 is 25.4 Å². The van der Waals surface area contributed by atoms with Crippen LogP contribution in [0.2, 0.25) is 5.02 Å². The molecule has 2 aliphatic rings. The van der Waals surface area contributed by atoms with E-state index in [-0.39, 0.29) is 12.2 Å². The molecule has 0 amide bonds. The molecule has 1 aliphatic carbocycles. The van der Waals surface area contributed by atoms with Crippen molar-refractivity contribution in [3.8, 4) is 11.1 Å². The van der Waals surface area contributed by atoms with Crippen LogP contribution in [0.15, 0.2) is 30.5 Å². The second kappa shape index (κ2) is 12.5. The third-order valence-electron chi connectivity index (χ3n) is 7.13. The quantitative estimate of drug-likeness (QED) is 0.365. The molecule has 0 radical (unpaired) electrons. The molecule has 9 heteroatoms. The predicted molar refractivity (Wildman–Crippen MR) is 141 cm³/mol. The van der Waals surface area contributed by atoms with Gasteiger partial charge in [0.25, 0.3) is 0 Å². The van der Waals surface area contributed by atoms with Crippen LogP contribution in [-0.2, 0) is 9.47 Å². The number of pyridine rings is 1. The summed E-state index contributed by atoms with van der Waals surface area (Å²) in [6.07, 6.45) is 6.47. The highest BCUT2D eigenvalue weighted by molar-refractivity contribution is 6.33. The van der Waals surface area contributed by atoms with Crippen molar-refractivity contribution in [1.82, 2.24) is 10.3 Å². The molecule has 0 bridgehead atoms. The number of anilines is 2. The van der Waals surface area contributed by atoms with Gasteiger partial charge in [0.05, 0.1) is 17.3 Å². The SMILES string of the molecule is COC[C@@H](C)NC1CCC(Nc2cc(-c3ccc(F)c(NCC4(F)CCOCC4)c3)c(Cl)cn2)CC1. The molecule has 1 atom stereocenters. The van der Waals surface area contributed by atoms with Crippen LogP contribution in [0.25, 0.3) is 11.1 Å². The molecular formula is C27H37ClF2N4O2. The number of hydrogen-bond donors (Lipinski definition) is 3. The van der Waals surface area contributed by atoms with E-state index >= 15 is 0 Å². The Labute approximate surface area is 217 Å². The summed E-state index contributed by atoms with van der Waals surface area (Å²) in [5.41, 5.74) is 0.353. The van der Waals surface area contributed by atoms with Crippen LogP contribution < -0.4 is 16.0 Å². The minimum Gasteiger partial charge on any atom is -0.383 e. The van der Waals surface area contributed by atoms with Crippen LogP contribution in [0.4, 0.5) is 20.3 Å². The van der Waals surface area contributed by atoms with Crippen LogP contribution >= 0.6 is 11.6 Å². The Morgan fingerprint density at radius 3 is 2.61 bits per heavy atom. The number of rotatable bonds is 10. The highest BCUT2D eigenvalue weighted by Gasteiger charge is 2.32. The average molecular weight is 523 g/mol. The standard InChI is InChI=1S/C27H37ClF2N4O2/c1-18(16-35-2)33-20-4-6-21(7-5-20)34-26-14-22(23(28)15-31-26)19-3-8-24(29)25(13-19)32-17-27(30)9-11-36-12-10-27/h3,8,13-15,18,20-21,32-33H,4-7,9-12,16-17H2,1-2H3,(H,31,34)/t18-,20?,21?/m1/s1. The molecule has 2 heterocycles. The van der Waals surface area contributed by atoms with Crippen molar-refractivity contribution < 1.29 is 18.3 Å². The van der Waals surface area contributed by atoms with E-state index in [0.717, 1.165) is 42.6 Å². The molecule has 2 fully saturated rings. The Kier molecular flexibility index (Phi) is 9.39. The van der Waals surface area contributed by atoms with Crippen molar-refractivity contribution in [2.75, 3.05) is 44.1 Å². The number of alkyl halides is 1. The van der Waals surface area contributed by atoms with Crippen molar-refractivity contribution >= 4 is 23.1 Å². The smallest absolute Gasteiger partial charge is 0.146 e. The fourth-order valence-corrected chi connectivity index (χ4v) is 5.26. The van der Waals surface area contributed by atoms with Gasteiger partial charge in [0.2, 0.25) is 0 Å². The zero-order chi connectivity index (χ0) is 25.5. The molecular weight excluding hydrogens is 486 g/mol. The molecule has 4 rings (SSSR count). The Bertz CT molecular complexity index is 998. The lowest BCUT2D eigenvalue weighted by molar-refractivity contribution is -0.00117. The summed E-state index contributed by atoms with van der Waals surface area (Å²) in [5, 5.41) is 10.6. The number of methoxy groups -OCH3 is 1. The summed E-state index contributed by atoms with van der Waals surface area (Å²) < 4.78 is 40.0. The highest BCUT2D eigenvalue weighted by atomic mass is 35.5. The van der Waals surface area contributed by atoms with Crippen LogP contribution in [0.3, 0.4) is 0 Å². The van der Waals surface area contributed by atoms with Crippen LogP contribution in [0.1, 0.15) is 45.4 Å².